The first-order chi connectivity index (χ1) is 6.07. The van der Waals surface area contributed by atoms with Crippen molar-refractivity contribution in [3.8, 4) is 0 Å². The first kappa shape index (κ1) is 10.0. The third-order valence-corrected chi connectivity index (χ3v) is 2.34. The highest BCUT2D eigenvalue weighted by Gasteiger charge is 2.09. The molecule has 0 N–H and O–H groups in total. The molecule has 1 heterocycles. The summed E-state index contributed by atoms with van der Waals surface area (Å²) in [7, 11) is 0. The molecule has 1 aromatic rings. The Morgan fingerprint density at radius 1 is 1.46 bits per heavy atom. The molecule has 0 radical (unpaired) electrons. The van der Waals surface area contributed by atoms with E-state index in [2.05, 4.69) is 13.8 Å². The fraction of sp³-hybridized carbons (Fsp3) is 0.545. The van der Waals surface area contributed by atoms with Crippen molar-refractivity contribution in [2.24, 2.45) is 0 Å². The van der Waals surface area contributed by atoms with Crippen LogP contribution < -0.4 is 5.56 Å². The van der Waals surface area contributed by atoms with Gasteiger partial charge < -0.3 is 4.57 Å². The molecule has 0 unspecified atom stereocenters. The van der Waals surface area contributed by atoms with Crippen LogP contribution in [-0.2, 0) is 6.54 Å². The summed E-state index contributed by atoms with van der Waals surface area (Å²) in [5.41, 5.74) is 2.21. The van der Waals surface area contributed by atoms with E-state index in [-0.39, 0.29) is 5.56 Å². The molecular formula is C11H17NO. The third kappa shape index (κ3) is 1.82. The van der Waals surface area contributed by atoms with Gasteiger partial charge in [0.25, 0.3) is 5.56 Å². The second-order valence-electron chi connectivity index (χ2n) is 3.66. The van der Waals surface area contributed by atoms with Crippen LogP contribution in [0.2, 0.25) is 0 Å². The third-order valence-electron chi connectivity index (χ3n) is 2.34. The molecule has 0 fully saturated rings. The lowest BCUT2D eigenvalue weighted by Crippen LogP contribution is -2.24. The normalized spacial score (nSPS) is 10.8. The van der Waals surface area contributed by atoms with Gasteiger partial charge in [0.1, 0.15) is 0 Å². The fourth-order valence-corrected chi connectivity index (χ4v) is 1.63. The van der Waals surface area contributed by atoms with E-state index < -0.39 is 0 Å². The maximum atomic E-state index is 11.8. The van der Waals surface area contributed by atoms with Gasteiger partial charge in [0, 0.05) is 18.3 Å². The summed E-state index contributed by atoms with van der Waals surface area (Å²) >= 11 is 0. The average Bonchev–Trinajstić information content (AvgIpc) is 2.04. The number of rotatable bonds is 2. The molecule has 13 heavy (non-hydrogen) atoms. The molecule has 0 spiro atoms. The van der Waals surface area contributed by atoms with Crippen LogP contribution in [0.15, 0.2) is 17.1 Å². The van der Waals surface area contributed by atoms with Crippen molar-refractivity contribution in [1.82, 2.24) is 4.57 Å². The van der Waals surface area contributed by atoms with Crippen molar-refractivity contribution < 1.29 is 0 Å². The molecule has 0 saturated carbocycles. The summed E-state index contributed by atoms with van der Waals surface area (Å²) < 4.78 is 1.75. The van der Waals surface area contributed by atoms with Gasteiger partial charge in [0.05, 0.1) is 0 Å². The summed E-state index contributed by atoms with van der Waals surface area (Å²) in [6, 6.07) is 2.01. The van der Waals surface area contributed by atoms with Crippen molar-refractivity contribution >= 4 is 0 Å². The largest absolute Gasteiger partial charge is 0.316 e. The van der Waals surface area contributed by atoms with Crippen molar-refractivity contribution in [2.75, 3.05) is 0 Å². The number of hydrogen-bond acceptors (Lipinski definition) is 1. The van der Waals surface area contributed by atoms with Crippen LogP contribution >= 0.6 is 0 Å². The summed E-state index contributed by atoms with van der Waals surface area (Å²) in [6.45, 7) is 8.85. The second-order valence-corrected chi connectivity index (χ2v) is 3.66. The molecule has 0 aliphatic carbocycles. The summed E-state index contributed by atoms with van der Waals surface area (Å²) in [6.07, 6.45) is 1.86. The van der Waals surface area contributed by atoms with E-state index in [0.717, 1.165) is 17.7 Å². The molecule has 72 valence electrons. The minimum atomic E-state index is 0.164. The quantitative estimate of drug-likeness (QED) is 0.682. The lowest BCUT2D eigenvalue weighted by Gasteiger charge is -2.11. The highest BCUT2D eigenvalue weighted by Crippen LogP contribution is 2.13. The molecule has 0 saturated heterocycles. The number of aryl methyl sites for hydroxylation is 2. The van der Waals surface area contributed by atoms with E-state index in [1.807, 2.05) is 26.1 Å². The molecule has 0 aromatic carbocycles. The van der Waals surface area contributed by atoms with Gasteiger partial charge in [-0.1, -0.05) is 13.8 Å². The van der Waals surface area contributed by atoms with Crippen LogP contribution in [0.3, 0.4) is 0 Å². The van der Waals surface area contributed by atoms with Gasteiger partial charge >= 0.3 is 0 Å². The van der Waals surface area contributed by atoms with Gasteiger partial charge in [-0.05, 0) is 31.4 Å². The molecule has 0 bridgehead atoms. The molecular weight excluding hydrogens is 162 g/mol. The van der Waals surface area contributed by atoms with Crippen LogP contribution in [0.25, 0.3) is 0 Å². The minimum absolute atomic E-state index is 0.164. The molecule has 2 nitrogen and oxygen atoms in total. The Labute approximate surface area is 79.2 Å². The van der Waals surface area contributed by atoms with Crippen LogP contribution in [0, 0.1) is 6.92 Å². The van der Waals surface area contributed by atoms with Crippen LogP contribution in [0.4, 0.5) is 0 Å². The van der Waals surface area contributed by atoms with Crippen molar-refractivity contribution in [3.05, 3.63) is 33.7 Å². The predicted octanol–water partition coefficient (Wildman–Crippen LogP) is 2.30. The van der Waals surface area contributed by atoms with Gasteiger partial charge in [-0.3, -0.25) is 4.79 Å². The molecule has 0 aliphatic rings. The number of pyridine rings is 1. The Hall–Kier alpha value is -1.05. The number of nitrogens with zero attached hydrogens (tertiary/aromatic N) is 1. The number of aromatic nitrogens is 1. The zero-order valence-corrected chi connectivity index (χ0v) is 8.79. The maximum absolute atomic E-state index is 11.8. The van der Waals surface area contributed by atoms with E-state index in [1.165, 1.54) is 0 Å². The zero-order chi connectivity index (χ0) is 10.0. The number of hydrogen-bond donors (Lipinski definition) is 0. The van der Waals surface area contributed by atoms with Gasteiger partial charge in [-0.15, -0.1) is 0 Å². The summed E-state index contributed by atoms with van der Waals surface area (Å²) in [5, 5.41) is 0. The first-order valence-electron chi connectivity index (χ1n) is 4.77. The molecule has 0 amide bonds. The van der Waals surface area contributed by atoms with Gasteiger partial charge in [0.2, 0.25) is 0 Å². The summed E-state index contributed by atoms with van der Waals surface area (Å²) in [5.74, 6) is 0.312. The first-order valence-corrected chi connectivity index (χ1v) is 4.77. The van der Waals surface area contributed by atoms with E-state index in [0.29, 0.717) is 5.92 Å². The smallest absolute Gasteiger partial charge is 0.254 e. The Morgan fingerprint density at radius 2 is 2.08 bits per heavy atom. The molecule has 2 heteroatoms. The maximum Gasteiger partial charge on any atom is 0.254 e. The average molecular weight is 179 g/mol. The lowest BCUT2D eigenvalue weighted by molar-refractivity contribution is 0.695. The fourth-order valence-electron chi connectivity index (χ4n) is 1.63. The van der Waals surface area contributed by atoms with Crippen LogP contribution in [0.1, 0.15) is 37.8 Å². The highest BCUT2D eigenvalue weighted by molar-refractivity contribution is 5.25. The Kier molecular flexibility index (Phi) is 2.91. The van der Waals surface area contributed by atoms with Gasteiger partial charge in [0.15, 0.2) is 0 Å². The Morgan fingerprint density at radius 3 is 2.54 bits per heavy atom. The Bertz CT molecular complexity index is 350. The molecule has 1 rings (SSSR count). The van der Waals surface area contributed by atoms with E-state index in [1.54, 1.807) is 4.57 Å². The van der Waals surface area contributed by atoms with E-state index in [9.17, 15) is 4.79 Å². The zero-order valence-electron chi connectivity index (χ0n) is 8.79. The molecule has 1 aromatic heterocycles. The lowest BCUT2D eigenvalue weighted by atomic mass is 10.0. The van der Waals surface area contributed by atoms with E-state index in [4.69, 9.17) is 0 Å². The minimum Gasteiger partial charge on any atom is -0.316 e. The van der Waals surface area contributed by atoms with Crippen molar-refractivity contribution in [1.29, 1.82) is 0 Å². The predicted molar refractivity (Wildman–Crippen MR) is 55.2 cm³/mol. The standard InChI is InChI=1S/C11H17NO/c1-5-12-7-6-9(4)10(8(2)3)11(12)13/h6-8H,5H2,1-4H3. The van der Waals surface area contributed by atoms with Crippen LogP contribution in [0.5, 0.6) is 0 Å². The SMILES string of the molecule is CCn1ccc(C)c(C(C)C)c1=O. The van der Waals surface area contributed by atoms with Gasteiger partial charge in [-0.2, -0.15) is 0 Å². The van der Waals surface area contributed by atoms with Crippen molar-refractivity contribution in [2.45, 2.75) is 40.2 Å². The molecule has 0 atom stereocenters. The van der Waals surface area contributed by atoms with Gasteiger partial charge in [-0.25, -0.2) is 0 Å². The topological polar surface area (TPSA) is 22.0 Å². The summed E-state index contributed by atoms with van der Waals surface area (Å²) in [4.78, 5) is 11.8. The monoisotopic (exact) mass is 179 g/mol. The molecule has 0 aliphatic heterocycles. The van der Waals surface area contributed by atoms with Crippen LogP contribution in [-0.4, -0.2) is 4.57 Å². The van der Waals surface area contributed by atoms with Crippen molar-refractivity contribution in [3.63, 3.8) is 0 Å². The second kappa shape index (κ2) is 3.77. The Balaban J connectivity index is 3.39. The van der Waals surface area contributed by atoms with E-state index >= 15 is 0 Å². The highest BCUT2D eigenvalue weighted by atomic mass is 16.1.